The minimum atomic E-state index is -0.886. The van der Waals surface area contributed by atoms with Gasteiger partial charge in [-0.05, 0) is 24.2 Å². The first-order valence-corrected chi connectivity index (χ1v) is 7.24. The third-order valence-electron chi connectivity index (χ3n) is 3.19. The van der Waals surface area contributed by atoms with E-state index in [1.54, 1.807) is 14.0 Å². The zero-order chi connectivity index (χ0) is 15.9. The summed E-state index contributed by atoms with van der Waals surface area (Å²) >= 11 is 0. The highest BCUT2D eigenvalue weighted by Gasteiger charge is 2.18. The summed E-state index contributed by atoms with van der Waals surface area (Å²) in [7, 11) is 1.62. The minimum Gasteiger partial charge on any atom is -0.481 e. The molecule has 0 rings (SSSR count). The quantitative estimate of drug-likeness (QED) is 0.756. The molecular weight excluding hydrogens is 256 g/mol. The molecule has 0 aromatic heterocycles. The largest absolute Gasteiger partial charge is 0.481 e. The standard InChI is InChI=1S/C15H30N2O3/c1-11(9-15(3,4)5)7-8-16-14(20)17(6)10-12(2)13(18)19/h11-12H,7-10H2,1-6H3,(H,16,20)(H,18,19). The first-order valence-electron chi connectivity index (χ1n) is 7.24. The summed E-state index contributed by atoms with van der Waals surface area (Å²) in [5, 5.41) is 11.6. The maximum absolute atomic E-state index is 11.8. The van der Waals surface area contributed by atoms with Crippen LogP contribution in [0, 0.1) is 17.3 Å². The van der Waals surface area contributed by atoms with E-state index in [1.807, 2.05) is 0 Å². The van der Waals surface area contributed by atoms with Gasteiger partial charge in [0.2, 0.25) is 0 Å². The van der Waals surface area contributed by atoms with Gasteiger partial charge in [0.15, 0.2) is 0 Å². The summed E-state index contributed by atoms with van der Waals surface area (Å²) in [5.74, 6) is -0.882. The molecule has 0 aliphatic rings. The van der Waals surface area contributed by atoms with E-state index in [0.29, 0.717) is 17.9 Å². The first-order chi connectivity index (χ1) is 9.03. The van der Waals surface area contributed by atoms with Gasteiger partial charge in [-0.2, -0.15) is 0 Å². The van der Waals surface area contributed by atoms with Crippen molar-refractivity contribution in [3.63, 3.8) is 0 Å². The van der Waals surface area contributed by atoms with Crippen molar-refractivity contribution in [1.29, 1.82) is 0 Å². The number of carbonyl (C=O) groups is 2. The van der Waals surface area contributed by atoms with Gasteiger partial charge in [-0.1, -0.05) is 34.6 Å². The summed E-state index contributed by atoms with van der Waals surface area (Å²) in [6.07, 6.45) is 2.06. The SMILES string of the molecule is CC(CCNC(=O)N(C)CC(C)C(=O)O)CC(C)(C)C. The fourth-order valence-corrected chi connectivity index (χ4v) is 2.28. The molecule has 0 bridgehead atoms. The highest BCUT2D eigenvalue weighted by Crippen LogP contribution is 2.25. The summed E-state index contributed by atoms with van der Waals surface area (Å²) in [6.45, 7) is 11.3. The Labute approximate surface area is 122 Å². The lowest BCUT2D eigenvalue weighted by atomic mass is 9.84. The van der Waals surface area contributed by atoms with Gasteiger partial charge in [-0.3, -0.25) is 4.79 Å². The number of rotatable bonds is 7. The molecule has 0 heterocycles. The van der Waals surface area contributed by atoms with Crippen molar-refractivity contribution in [2.45, 2.75) is 47.5 Å². The Balaban J connectivity index is 3.96. The molecule has 5 heteroatoms. The number of aliphatic carboxylic acids is 1. The van der Waals surface area contributed by atoms with E-state index in [0.717, 1.165) is 12.8 Å². The lowest BCUT2D eigenvalue weighted by molar-refractivity contribution is -0.141. The third-order valence-corrected chi connectivity index (χ3v) is 3.19. The Morgan fingerprint density at radius 2 is 1.80 bits per heavy atom. The molecule has 0 saturated carbocycles. The molecule has 0 aliphatic heterocycles. The van der Waals surface area contributed by atoms with E-state index in [-0.39, 0.29) is 12.6 Å². The van der Waals surface area contributed by atoms with Crippen molar-refractivity contribution in [1.82, 2.24) is 10.2 Å². The van der Waals surface area contributed by atoms with Crippen LogP contribution >= 0.6 is 0 Å². The predicted octanol–water partition coefficient (Wildman–Crippen LogP) is 2.81. The van der Waals surface area contributed by atoms with E-state index in [2.05, 4.69) is 33.0 Å². The smallest absolute Gasteiger partial charge is 0.317 e. The van der Waals surface area contributed by atoms with Crippen LogP contribution in [0.2, 0.25) is 0 Å². The molecule has 0 fully saturated rings. The van der Waals surface area contributed by atoms with Crippen LogP contribution in [0.15, 0.2) is 0 Å². The summed E-state index contributed by atoms with van der Waals surface area (Å²) in [5.41, 5.74) is 0.303. The molecule has 0 aromatic carbocycles. The molecular formula is C15H30N2O3. The van der Waals surface area contributed by atoms with Gasteiger partial charge < -0.3 is 15.3 Å². The highest BCUT2D eigenvalue weighted by molar-refractivity contribution is 5.75. The van der Waals surface area contributed by atoms with Crippen LogP contribution in [0.3, 0.4) is 0 Å². The topological polar surface area (TPSA) is 69.6 Å². The maximum Gasteiger partial charge on any atom is 0.317 e. The van der Waals surface area contributed by atoms with Gasteiger partial charge in [-0.25, -0.2) is 4.79 Å². The van der Waals surface area contributed by atoms with Gasteiger partial charge in [-0.15, -0.1) is 0 Å². The Morgan fingerprint density at radius 1 is 1.25 bits per heavy atom. The number of carboxylic acids is 1. The number of urea groups is 1. The van der Waals surface area contributed by atoms with Gasteiger partial charge in [0.25, 0.3) is 0 Å². The van der Waals surface area contributed by atoms with Crippen LogP contribution in [0.25, 0.3) is 0 Å². The molecule has 0 aliphatic carbocycles. The Hall–Kier alpha value is -1.26. The van der Waals surface area contributed by atoms with Crippen LogP contribution in [0.4, 0.5) is 4.79 Å². The van der Waals surface area contributed by atoms with Gasteiger partial charge in [0.1, 0.15) is 0 Å². The molecule has 0 saturated heterocycles. The van der Waals surface area contributed by atoms with E-state index >= 15 is 0 Å². The molecule has 0 spiro atoms. The number of carbonyl (C=O) groups excluding carboxylic acids is 1. The molecule has 0 aromatic rings. The Kier molecular flexibility index (Phi) is 7.61. The van der Waals surface area contributed by atoms with Gasteiger partial charge >= 0.3 is 12.0 Å². The number of carboxylic acid groups (broad SMARTS) is 1. The summed E-state index contributed by atoms with van der Waals surface area (Å²) in [6, 6.07) is -0.207. The van der Waals surface area contributed by atoms with Crippen molar-refractivity contribution in [2.75, 3.05) is 20.1 Å². The van der Waals surface area contributed by atoms with Crippen molar-refractivity contribution in [3.8, 4) is 0 Å². The van der Waals surface area contributed by atoms with Crippen molar-refractivity contribution < 1.29 is 14.7 Å². The monoisotopic (exact) mass is 286 g/mol. The molecule has 2 N–H and O–H groups in total. The number of amides is 2. The molecule has 2 amide bonds. The predicted molar refractivity (Wildman–Crippen MR) is 80.7 cm³/mol. The van der Waals surface area contributed by atoms with Crippen LogP contribution in [0.5, 0.6) is 0 Å². The molecule has 0 radical (unpaired) electrons. The van der Waals surface area contributed by atoms with E-state index in [1.165, 1.54) is 4.90 Å². The lowest BCUT2D eigenvalue weighted by Gasteiger charge is -2.24. The van der Waals surface area contributed by atoms with Crippen LogP contribution in [-0.4, -0.2) is 42.1 Å². The average molecular weight is 286 g/mol. The third kappa shape index (κ3) is 8.77. The summed E-state index contributed by atoms with van der Waals surface area (Å²) < 4.78 is 0. The zero-order valence-electron chi connectivity index (χ0n) is 13.7. The highest BCUT2D eigenvalue weighted by atomic mass is 16.4. The van der Waals surface area contributed by atoms with Crippen molar-refractivity contribution >= 4 is 12.0 Å². The van der Waals surface area contributed by atoms with Gasteiger partial charge in [0, 0.05) is 20.1 Å². The number of hydrogen-bond donors (Lipinski definition) is 2. The Bertz CT molecular complexity index is 324. The van der Waals surface area contributed by atoms with E-state index in [4.69, 9.17) is 5.11 Å². The first kappa shape index (κ1) is 18.7. The second-order valence-corrected chi connectivity index (χ2v) is 7.01. The fraction of sp³-hybridized carbons (Fsp3) is 0.867. The number of nitrogens with one attached hydrogen (secondary N) is 1. The van der Waals surface area contributed by atoms with E-state index < -0.39 is 11.9 Å². The number of hydrogen-bond acceptors (Lipinski definition) is 2. The number of nitrogens with zero attached hydrogens (tertiary/aromatic N) is 1. The zero-order valence-corrected chi connectivity index (χ0v) is 13.7. The molecule has 20 heavy (non-hydrogen) atoms. The lowest BCUT2D eigenvalue weighted by Crippen LogP contribution is -2.41. The van der Waals surface area contributed by atoms with E-state index in [9.17, 15) is 9.59 Å². The molecule has 118 valence electrons. The fourth-order valence-electron chi connectivity index (χ4n) is 2.28. The van der Waals surface area contributed by atoms with Crippen LogP contribution in [-0.2, 0) is 4.79 Å². The van der Waals surface area contributed by atoms with Gasteiger partial charge in [0.05, 0.1) is 5.92 Å². The second-order valence-electron chi connectivity index (χ2n) is 7.01. The maximum atomic E-state index is 11.8. The van der Waals surface area contributed by atoms with Crippen LogP contribution < -0.4 is 5.32 Å². The average Bonchev–Trinajstić information content (AvgIpc) is 2.25. The van der Waals surface area contributed by atoms with Crippen molar-refractivity contribution in [2.24, 2.45) is 17.3 Å². The minimum absolute atomic E-state index is 0.207. The van der Waals surface area contributed by atoms with Crippen molar-refractivity contribution in [3.05, 3.63) is 0 Å². The Morgan fingerprint density at radius 3 is 2.25 bits per heavy atom. The van der Waals surface area contributed by atoms with Crippen LogP contribution in [0.1, 0.15) is 47.5 Å². The molecule has 2 atom stereocenters. The molecule has 2 unspecified atom stereocenters. The molecule has 5 nitrogen and oxygen atoms in total. The summed E-state index contributed by atoms with van der Waals surface area (Å²) in [4.78, 5) is 23.9. The normalized spacial score (nSPS) is 14.5. The second kappa shape index (κ2) is 8.12.